The Balaban J connectivity index is 3.58. The summed E-state index contributed by atoms with van der Waals surface area (Å²) in [6, 6.07) is 3.97. The average Bonchev–Trinajstić information content (AvgIpc) is 2.42. The van der Waals surface area contributed by atoms with Crippen molar-refractivity contribution in [1.82, 2.24) is 0 Å². The molecule has 0 heterocycles. The summed E-state index contributed by atoms with van der Waals surface area (Å²) in [6.07, 6.45) is 0. The van der Waals surface area contributed by atoms with E-state index in [1.807, 2.05) is 13.0 Å². The predicted molar refractivity (Wildman–Crippen MR) is 92.4 cm³/mol. The minimum absolute atomic E-state index is 0.0189. The van der Waals surface area contributed by atoms with E-state index in [4.69, 9.17) is 14.6 Å². The summed E-state index contributed by atoms with van der Waals surface area (Å²) in [4.78, 5) is 12.4. The summed E-state index contributed by atoms with van der Waals surface area (Å²) in [5.74, 6) is 0.120. The van der Waals surface area contributed by atoms with Gasteiger partial charge in [-0.2, -0.15) is 0 Å². The van der Waals surface area contributed by atoms with Gasteiger partial charge in [0.05, 0.1) is 13.2 Å². The number of carbonyl (C=O) groups is 1. The second-order valence-corrected chi connectivity index (χ2v) is 7.69. The minimum Gasteiger partial charge on any atom is -0.493 e. The van der Waals surface area contributed by atoms with E-state index >= 15 is 0 Å². The Labute approximate surface area is 139 Å². The molecular weight excluding hydrogens is 292 g/mol. The lowest BCUT2D eigenvalue weighted by molar-refractivity contribution is 0.0429. The molecular formula is C19H30O4. The van der Waals surface area contributed by atoms with Crippen LogP contribution in [-0.4, -0.2) is 30.9 Å². The fraction of sp³-hybridized carbons (Fsp3) is 0.632. The first-order valence-electron chi connectivity index (χ1n) is 8.12. The van der Waals surface area contributed by atoms with Crippen LogP contribution in [0.4, 0.5) is 0 Å². The van der Waals surface area contributed by atoms with Crippen LogP contribution >= 0.6 is 0 Å². The van der Waals surface area contributed by atoms with Crippen LogP contribution in [0.15, 0.2) is 12.1 Å². The minimum atomic E-state index is -0.459. The molecule has 1 aromatic carbocycles. The van der Waals surface area contributed by atoms with Crippen molar-refractivity contribution in [2.75, 3.05) is 19.8 Å². The predicted octanol–water partition coefficient (Wildman–Crippen LogP) is 3.83. The standard InChI is InChI=1S/C19H30O4/c1-8-22-16-14(17(21)23-10-9-20)11-13(18(2,3)4)12-15(16)19(5,6)7/h11-12,20H,8-10H2,1-7H3. The molecule has 0 unspecified atom stereocenters. The van der Waals surface area contributed by atoms with Crippen molar-refractivity contribution in [2.45, 2.75) is 59.3 Å². The molecule has 1 rings (SSSR count). The molecule has 1 aromatic rings. The third kappa shape index (κ3) is 4.96. The van der Waals surface area contributed by atoms with Gasteiger partial charge in [-0.05, 0) is 29.4 Å². The fourth-order valence-corrected chi connectivity index (χ4v) is 2.29. The lowest BCUT2D eigenvalue weighted by Crippen LogP contribution is -2.21. The Morgan fingerprint density at radius 2 is 1.70 bits per heavy atom. The molecule has 0 aliphatic rings. The van der Waals surface area contributed by atoms with E-state index in [0.29, 0.717) is 17.9 Å². The van der Waals surface area contributed by atoms with Crippen LogP contribution in [0, 0.1) is 0 Å². The molecule has 4 nitrogen and oxygen atoms in total. The molecule has 0 spiro atoms. The lowest BCUT2D eigenvalue weighted by atomic mass is 9.79. The van der Waals surface area contributed by atoms with Gasteiger partial charge in [-0.1, -0.05) is 47.6 Å². The monoisotopic (exact) mass is 322 g/mol. The largest absolute Gasteiger partial charge is 0.493 e. The van der Waals surface area contributed by atoms with E-state index in [2.05, 4.69) is 47.6 Å². The van der Waals surface area contributed by atoms with Crippen molar-refractivity contribution in [2.24, 2.45) is 0 Å². The average molecular weight is 322 g/mol. The van der Waals surface area contributed by atoms with Gasteiger partial charge in [-0.15, -0.1) is 0 Å². The quantitative estimate of drug-likeness (QED) is 0.837. The van der Waals surface area contributed by atoms with Crippen LogP contribution in [-0.2, 0) is 15.6 Å². The molecule has 0 aliphatic heterocycles. The van der Waals surface area contributed by atoms with Gasteiger partial charge < -0.3 is 14.6 Å². The van der Waals surface area contributed by atoms with Crippen molar-refractivity contribution in [1.29, 1.82) is 0 Å². The second-order valence-electron chi connectivity index (χ2n) is 7.69. The summed E-state index contributed by atoms with van der Waals surface area (Å²) < 4.78 is 10.9. The third-order valence-corrected chi connectivity index (χ3v) is 3.60. The molecule has 0 amide bonds. The van der Waals surface area contributed by atoms with Crippen LogP contribution in [0.5, 0.6) is 5.75 Å². The van der Waals surface area contributed by atoms with Crippen LogP contribution in [0.1, 0.15) is 70.0 Å². The number of benzene rings is 1. The number of hydrogen-bond acceptors (Lipinski definition) is 4. The summed E-state index contributed by atoms with van der Waals surface area (Å²) in [7, 11) is 0. The van der Waals surface area contributed by atoms with E-state index in [-0.39, 0.29) is 24.0 Å². The van der Waals surface area contributed by atoms with E-state index < -0.39 is 5.97 Å². The van der Waals surface area contributed by atoms with Crippen LogP contribution in [0.2, 0.25) is 0 Å². The SMILES string of the molecule is CCOc1c(C(=O)OCCO)cc(C(C)(C)C)cc1C(C)(C)C. The first-order valence-corrected chi connectivity index (χ1v) is 8.12. The van der Waals surface area contributed by atoms with Gasteiger partial charge in [-0.3, -0.25) is 0 Å². The van der Waals surface area contributed by atoms with Crippen LogP contribution in [0.25, 0.3) is 0 Å². The topological polar surface area (TPSA) is 55.8 Å². The molecule has 0 fully saturated rings. The van der Waals surface area contributed by atoms with Gasteiger partial charge in [0.2, 0.25) is 0 Å². The smallest absolute Gasteiger partial charge is 0.342 e. The van der Waals surface area contributed by atoms with Gasteiger partial charge in [0.1, 0.15) is 17.9 Å². The fourth-order valence-electron chi connectivity index (χ4n) is 2.29. The molecule has 0 saturated carbocycles. The molecule has 130 valence electrons. The van der Waals surface area contributed by atoms with Crippen molar-refractivity contribution < 1.29 is 19.4 Å². The molecule has 0 aromatic heterocycles. The molecule has 0 radical (unpaired) electrons. The number of esters is 1. The third-order valence-electron chi connectivity index (χ3n) is 3.60. The van der Waals surface area contributed by atoms with Crippen molar-refractivity contribution in [3.63, 3.8) is 0 Å². The van der Waals surface area contributed by atoms with E-state index in [9.17, 15) is 4.79 Å². The second kappa shape index (κ2) is 7.35. The Morgan fingerprint density at radius 3 is 2.13 bits per heavy atom. The van der Waals surface area contributed by atoms with E-state index in [1.165, 1.54) is 0 Å². The van der Waals surface area contributed by atoms with Crippen molar-refractivity contribution in [3.8, 4) is 5.75 Å². The Bertz CT molecular complexity index is 548. The van der Waals surface area contributed by atoms with Gasteiger partial charge in [0.15, 0.2) is 0 Å². The zero-order chi connectivity index (χ0) is 17.8. The van der Waals surface area contributed by atoms with Crippen molar-refractivity contribution in [3.05, 3.63) is 28.8 Å². The molecule has 1 N–H and O–H groups in total. The number of aliphatic hydroxyl groups excluding tert-OH is 1. The summed E-state index contributed by atoms with van der Waals surface area (Å²) in [5, 5.41) is 8.89. The number of aliphatic hydroxyl groups is 1. The Hall–Kier alpha value is -1.55. The molecule has 4 heteroatoms. The van der Waals surface area contributed by atoms with Gasteiger partial charge in [-0.25, -0.2) is 4.79 Å². The van der Waals surface area contributed by atoms with Gasteiger partial charge in [0.25, 0.3) is 0 Å². The molecule has 0 atom stereocenters. The zero-order valence-corrected chi connectivity index (χ0v) is 15.4. The Kier molecular flexibility index (Phi) is 6.23. The van der Waals surface area contributed by atoms with Crippen LogP contribution in [0.3, 0.4) is 0 Å². The summed E-state index contributed by atoms with van der Waals surface area (Å²) in [5.41, 5.74) is 2.20. The zero-order valence-electron chi connectivity index (χ0n) is 15.4. The maximum atomic E-state index is 12.4. The highest BCUT2D eigenvalue weighted by Gasteiger charge is 2.28. The lowest BCUT2D eigenvalue weighted by Gasteiger charge is -2.28. The molecule has 0 aliphatic carbocycles. The number of ether oxygens (including phenoxy) is 2. The van der Waals surface area contributed by atoms with Gasteiger partial charge >= 0.3 is 5.97 Å². The number of hydrogen-bond donors (Lipinski definition) is 1. The number of rotatable bonds is 5. The van der Waals surface area contributed by atoms with Crippen LogP contribution < -0.4 is 4.74 Å². The summed E-state index contributed by atoms with van der Waals surface area (Å²) in [6.45, 7) is 14.8. The van der Waals surface area contributed by atoms with E-state index in [1.54, 1.807) is 0 Å². The Morgan fingerprint density at radius 1 is 1.09 bits per heavy atom. The highest BCUT2D eigenvalue weighted by atomic mass is 16.5. The maximum absolute atomic E-state index is 12.4. The van der Waals surface area contributed by atoms with E-state index in [0.717, 1.165) is 11.1 Å². The van der Waals surface area contributed by atoms with Gasteiger partial charge in [0, 0.05) is 5.56 Å². The number of carbonyl (C=O) groups excluding carboxylic acids is 1. The maximum Gasteiger partial charge on any atom is 0.342 e. The first-order chi connectivity index (χ1) is 10.5. The highest BCUT2D eigenvalue weighted by molar-refractivity contribution is 5.93. The normalized spacial score (nSPS) is 12.2. The molecule has 0 bridgehead atoms. The summed E-state index contributed by atoms with van der Waals surface area (Å²) >= 11 is 0. The molecule has 23 heavy (non-hydrogen) atoms. The molecule has 0 saturated heterocycles. The van der Waals surface area contributed by atoms with Crippen molar-refractivity contribution >= 4 is 5.97 Å². The first kappa shape index (κ1) is 19.5. The highest BCUT2D eigenvalue weighted by Crippen LogP contribution is 2.38.